The number of carbonyl (C=O) groups excluding carboxylic acids is 2. The Morgan fingerprint density at radius 3 is 1.56 bits per heavy atom. The van der Waals surface area contributed by atoms with Crippen LogP contribution in [0.5, 0.6) is 5.75 Å². The number of amides is 2. The first-order chi connectivity index (χ1) is 16.2. The lowest BCUT2D eigenvalue weighted by molar-refractivity contribution is 0.0992. The van der Waals surface area contributed by atoms with Crippen LogP contribution in [-0.2, 0) is 0 Å². The van der Waals surface area contributed by atoms with Crippen LogP contribution in [0.2, 0.25) is 0 Å². The molecule has 0 bridgehead atoms. The third-order valence-electron chi connectivity index (χ3n) is 5.50. The Hall–Kier alpha value is -4.85. The second-order valence-electron chi connectivity index (χ2n) is 7.77. The molecule has 9 N–H and O–H groups in total. The third kappa shape index (κ3) is 4.12. The van der Waals surface area contributed by atoms with Crippen molar-refractivity contribution < 1.29 is 19.1 Å². The van der Waals surface area contributed by atoms with Crippen LogP contribution < -0.4 is 22.9 Å². The highest BCUT2D eigenvalue weighted by atomic mass is 19.1. The first kappa shape index (κ1) is 22.3. The molecule has 4 aromatic carbocycles. The molecule has 8 heteroatoms. The summed E-state index contributed by atoms with van der Waals surface area (Å²) in [7, 11) is 0. The maximum atomic E-state index is 15.1. The molecule has 7 nitrogen and oxygen atoms in total. The van der Waals surface area contributed by atoms with E-state index >= 15 is 4.39 Å². The average molecular weight is 456 g/mol. The van der Waals surface area contributed by atoms with Gasteiger partial charge in [0.2, 0.25) is 11.8 Å². The molecule has 0 saturated carbocycles. The number of aromatic hydroxyl groups is 1. The van der Waals surface area contributed by atoms with E-state index in [0.717, 1.165) is 0 Å². The number of rotatable bonds is 5. The number of primary amides is 2. The van der Waals surface area contributed by atoms with Crippen LogP contribution in [0.1, 0.15) is 20.7 Å². The summed E-state index contributed by atoms with van der Waals surface area (Å²) in [5, 5.41) is 10.7. The van der Waals surface area contributed by atoms with Gasteiger partial charge in [0.05, 0.1) is 0 Å². The van der Waals surface area contributed by atoms with Gasteiger partial charge in [-0.1, -0.05) is 24.3 Å². The smallest absolute Gasteiger partial charge is 0.249 e. The molecule has 170 valence electrons. The van der Waals surface area contributed by atoms with Gasteiger partial charge in [-0.05, 0) is 65.2 Å². The molecule has 0 radical (unpaired) electrons. The van der Waals surface area contributed by atoms with Crippen molar-refractivity contribution in [1.29, 1.82) is 0 Å². The lowest BCUT2D eigenvalue weighted by atomic mass is 9.93. The molecule has 4 aromatic rings. The molecule has 0 aliphatic carbocycles. The summed E-state index contributed by atoms with van der Waals surface area (Å²) in [6.45, 7) is 0. The number of hydrogen-bond donors (Lipinski definition) is 5. The minimum atomic E-state index is -0.698. The largest absolute Gasteiger partial charge is 0.507 e. The zero-order chi connectivity index (χ0) is 24.6. The molecule has 34 heavy (non-hydrogen) atoms. The molecule has 0 heterocycles. The Bertz CT molecular complexity index is 1360. The summed E-state index contributed by atoms with van der Waals surface area (Å²) in [6.07, 6.45) is 0. The second-order valence-corrected chi connectivity index (χ2v) is 7.77. The Morgan fingerprint density at radius 1 is 0.618 bits per heavy atom. The van der Waals surface area contributed by atoms with E-state index in [4.69, 9.17) is 22.9 Å². The minimum absolute atomic E-state index is 0.137. The molecular formula is C26H21FN4O3. The van der Waals surface area contributed by atoms with Crippen LogP contribution in [0.4, 0.5) is 15.8 Å². The highest BCUT2D eigenvalue weighted by Gasteiger charge is 2.17. The Balaban J connectivity index is 1.76. The summed E-state index contributed by atoms with van der Waals surface area (Å²) < 4.78 is 15.1. The molecule has 2 amide bonds. The van der Waals surface area contributed by atoms with Gasteiger partial charge in [-0.2, -0.15) is 0 Å². The zero-order valence-electron chi connectivity index (χ0n) is 17.9. The first-order valence-electron chi connectivity index (χ1n) is 10.2. The van der Waals surface area contributed by atoms with Crippen LogP contribution in [0.15, 0.2) is 72.8 Å². The molecular weight excluding hydrogens is 435 g/mol. The van der Waals surface area contributed by atoms with E-state index in [1.807, 2.05) is 0 Å². The number of carbonyl (C=O) groups is 2. The number of halogens is 1. The van der Waals surface area contributed by atoms with Crippen LogP contribution >= 0.6 is 0 Å². The van der Waals surface area contributed by atoms with E-state index in [0.29, 0.717) is 33.6 Å². The lowest BCUT2D eigenvalue weighted by Gasteiger charge is -2.13. The van der Waals surface area contributed by atoms with Crippen molar-refractivity contribution in [2.24, 2.45) is 11.5 Å². The standard InChI is InChI=1S/C26H21FN4O3/c27-23-9-13(1-5-17(23)21-11-15(28)3-7-19(21)25(30)33)14-2-6-18(24(32)10-14)22-12-16(29)4-8-20(22)26(31)34/h1-12,32H,28-29H2,(H2,30,33)(H2,31,34). The summed E-state index contributed by atoms with van der Waals surface area (Å²) in [5.41, 5.74) is 25.9. The van der Waals surface area contributed by atoms with Crippen LogP contribution in [0.25, 0.3) is 33.4 Å². The van der Waals surface area contributed by atoms with Gasteiger partial charge in [0, 0.05) is 39.2 Å². The Morgan fingerprint density at radius 2 is 1.09 bits per heavy atom. The summed E-state index contributed by atoms with van der Waals surface area (Å²) in [5.74, 6) is -2.09. The first-order valence-corrected chi connectivity index (χ1v) is 10.2. The summed E-state index contributed by atoms with van der Waals surface area (Å²) in [4.78, 5) is 23.6. The van der Waals surface area contributed by atoms with Crippen molar-refractivity contribution in [2.45, 2.75) is 0 Å². The van der Waals surface area contributed by atoms with Crippen LogP contribution in [-0.4, -0.2) is 16.9 Å². The second kappa shape index (κ2) is 8.59. The van der Waals surface area contributed by atoms with E-state index in [1.165, 1.54) is 42.5 Å². The molecule has 4 rings (SSSR count). The molecule has 0 aromatic heterocycles. The highest BCUT2D eigenvalue weighted by Crippen LogP contribution is 2.37. The van der Waals surface area contributed by atoms with E-state index < -0.39 is 17.6 Å². The van der Waals surface area contributed by atoms with Gasteiger partial charge in [0.1, 0.15) is 11.6 Å². The maximum Gasteiger partial charge on any atom is 0.249 e. The average Bonchev–Trinajstić information content (AvgIpc) is 2.78. The van der Waals surface area contributed by atoms with Crippen molar-refractivity contribution in [2.75, 3.05) is 11.5 Å². The molecule has 0 atom stereocenters. The number of hydrogen-bond acceptors (Lipinski definition) is 5. The van der Waals surface area contributed by atoms with Crippen molar-refractivity contribution in [3.05, 3.63) is 89.7 Å². The van der Waals surface area contributed by atoms with Crippen molar-refractivity contribution in [3.63, 3.8) is 0 Å². The van der Waals surface area contributed by atoms with Gasteiger partial charge < -0.3 is 28.0 Å². The fourth-order valence-electron chi connectivity index (χ4n) is 3.85. The highest BCUT2D eigenvalue weighted by molar-refractivity contribution is 6.02. The topological polar surface area (TPSA) is 158 Å². The molecule has 0 unspecified atom stereocenters. The molecule has 0 saturated heterocycles. The predicted octanol–water partition coefficient (Wildman–Crippen LogP) is 3.89. The fraction of sp³-hybridized carbons (Fsp3) is 0. The van der Waals surface area contributed by atoms with Gasteiger partial charge in [0.25, 0.3) is 0 Å². The van der Waals surface area contributed by atoms with Gasteiger partial charge >= 0.3 is 0 Å². The van der Waals surface area contributed by atoms with E-state index in [1.54, 1.807) is 30.3 Å². The Kier molecular flexibility index (Phi) is 5.65. The van der Waals surface area contributed by atoms with Gasteiger partial charge in [-0.3, -0.25) is 9.59 Å². The number of phenols is 1. The number of phenolic OH excluding ortho intramolecular Hbond substituents is 1. The summed E-state index contributed by atoms with van der Waals surface area (Å²) in [6, 6.07) is 18.2. The van der Waals surface area contributed by atoms with Gasteiger partial charge in [0.15, 0.2) is 0 Å². The molecule has 0 aliphatic heterocycles. The van der Waals surface area contributed by atoms with Crippen LogP contribution in [0, 0.1) is 5.82 Å². The van der Waals surface area contributed by atoms with E-state index in [-0.39, 0.29) is 28.0 Å². The number of benzene rings is 4. The molecule has 0 fully saturated rings. The normalized spacial score (nSPS) is 10.7. The summed E-state index contributed by atoms with van der Waals surface area (Å²) >= 11 is 0. The fourth-order valence-corrected chi connectivity index (χ4v) is 3.85. The maximum absolute atomic E-state index is 15.1. The van der Waals surface area contributed by atoms with Crippen LogP contribution in [0.3, 0.4) is 0 Å². The van der Waals surface area contributed by atoms with Gasteiger partial charge in [-0.15, -0.1) is 0 Å². The van der Waals surface area contributed by atoms with E-state index in [2.05, 4.69) is 0 Å². The SMILES string of the molecule is NC(=O)c1ccc(N)cc1-c1ccc(-c2ccc(-c3cc(N)ccc3C(N)=O)c(F)c2)cc1O. The zero-order valence-corrected chi connectivity index (χ0v) is 17.9. The van der Waals surface area contributed by atoms with Crippen molar-refractivity contribution >= 4 is 23.2 Å². The van der Waals surface area contributed by atoms with Crippen molar-refractivity contribution in [1.82, 2.24) is 0 Å². The number of nitrogen functional groups attached to an aromatic ring is 2. The lowest BCUT2D eigenvalue weighted by Crippen LogP contribution is -2.13. The quantitative estimate of drug-likeness (QED) is 0.288. The Labute approximate surface area is 194 Å². The monoisotopic (exact) mass is 456 g/mol. The van der Waals surface area contributed by atoms with Crippen molar-refractivity contribution in [3.8, 4) is 39.1 Å². The number of nitrogens with two attached hydrogens (primary N) is 4. The molecule has 0 spiro atoms. The van der Waals surface area contributed by atoms with E-state index in [9.17, 15) is 14.7 Å². The van der Waals surface area contributed by atoms with Gasteiger partial charge in [-0.25, -0.2) is 4.39 Å². The minimum Gasteiger partial charge on any atom is -0.507 e. The molecule has 0 aliphatic rings. The number of anilines is 2. The predicted molar refractivity (Wildman–Crippen MR) is 130 cm³/mol. The third-order valence-corrected chi connectivity index (χ3v) is 5.50.